The number of esters is 1. The normalized spacial score (nSPS) is 10.9. The summed E-state index contributed by atoms with van der Waals surface area (Å²) in [6, 6.07) is 8.07. The number of hydrogen-bond acceptors (Lipinski definition) is 5. The summed E-state index contributed by atoms with van der Waals surface area (Å²) in [6.45, 7) is 3.36. The van der Waals surface area contributed by atoms with Gasteiger partial charge in [0.25, 0.3) is 0 Å². The maximum absolute atomic E-state index is 11.0. The minimum Gasteiger partial charge on any atom is -0.469 e. The fourth-order valence-electron chi connectivity index (χ4n) is 2.49. The number of nitrogens with zero attached hydrogens (tertiary/aromatic N) is 2. The lowest BCUT2D eigenvalue weighted by molar-refractivity contribution is -0.140. The summed E-state index contributed by atoms with van der Waals surface area (Å²) < 4.78 is 10.2. The fourth-order valence-corrected chi connectivity index (χ4v) is 2.49. The molecule has 0 fully saturated rings. The molecule has 28 heavy (non-hydrogen) atoms. The van der Waals surface area contributed by atoms with E-state index in [1.807, 2.05) is 31.2 Å². The van der Waals surface area contributed by atoms with E-state index in [4.69, 9.17) is 4.42 Å². The van der Waals surface area contributed by atoms with Gasteiger partial charge in [0.1, 0.15) is 6.26 Å². The third kappa shape index (κ3) is 8.28. The van der Waals surface area contributed by atoms with Crippen molar-refractivity contribution in [3.8, 4) is 11.5 Å². The van der Waals surface area contributed by atoms with Crippen molar-refractivity contribution in [3.63, 3.8) is 0 Å². The number of carbonyl (C=O) groups is 1. The largest absolute Gasteiger partial charge is 0.469 e. The van der Waals surface area contributed by atoms with Gasteiger partial charge in [-0.2, -0.15) is 0 Å². The molecule has 0 aliphatic carbocycles. The van der Waals surface area contributed by atoms with Gasteiger partial charge < -0.3 is 19.8 Å². The number of oxazole rings is 1. The molecule has 7 nitrogen and oxygen atoms in total. The number of ether oxygens (including phenoxy) is 1. The van der Waals surface area contributed by atoms with Crippen LogP contribution in [0.25, 0.3) is 11.5 Å². The smallest absolute Gasteiger partial charge is 0.305 e. The quantitative estimate of drug-likeness (QED) is 0.180. The molecule has 0 radical (unpaired) electrons. The van der Waals surface area contributed by atoms with Crippen LogP contribution < -0.4 is 10.6 Å². The fraction of sp³-hybridized carbons (Fsp3) is 0.450. The first kappa shape index (κ1) is 23.9. The number of aliphatic imine (C=N–C) groups is 1. The highest BCUT2D eigenvalue weighted by Gasteiger charge is 2.07. The van der Waals surface area contributed by atoms with E-state index in [1.165, 1.54) is 12.7 Å². The molecular formula is C20H29IN4O3. The minimum atomic E-state index is -0.155. The third-order valence-corrected chi connectivity index (χ3v) is 4.09. The average molecular weight is 500 g/mol. The highest BCUT2D eigenvalue weighted by molar-refractivity contribution is 14.0. The first-order chi connectivity index (χ1) is 13.1. The Morgan fingerprint density at radius 2 is 1.93 bits per heavy atom. The van der Waals surface area contributed by atoms with Gasteiger partial charge in [-0.1, -0.05) is 24.1 Å². The van der Waals surface area contributed by atoms with Gasteiger partial charge in [-0.25, -0.2) is 4.98 Å². The molecule has 1 heterocycles. The monoisotopic (exact) mass is 500 g/mol. The summed E-state index contributed by atoms with van der Waals surface area (Å²) in [5, 5.41) is 6.47. The molecule has 2 aromatic rings. The topological polar surface area (TPSA) is 88.8 Å². The van der Waals surface area contributed by atoms with Crippen LogP contribution >= 0.6 is 24.0 Å². The molecule has 0 atom stereocenters. The molecule has 0 aliphatic heterocycles. The van der Waals surface area contributed by atoms with Gasteiger partial charge in [-0.3, -0.25) is 9.79 Å². The van der Waals surface area contributed by atoms with Crippen molar-refractivity contribution in [2.45, 2.75) is 39.2 Å². The van der Waals surface area contributed by atoms with Crippen LogP contribution in [0.5, 0.6) is 0 Å². The predicted molar refractivity (Wildman–Crippen MR) is 121 cm³/mol. The van der Waals surface area contributed by atoms with Gasteiger partial charge in [0.2, 0.25) is 5.89 Å². The van der Waals surface area contributed by atoms with E-state index >= 15 is 0 Å². The second kappa shape index (κ2) is 13.1. The van der Waals surface area contributed by atoms with E-state index in [1.54, 1.807) is 13.3 Å². The Kier molecular flexibility index (Phi) is 11.2. The van der Waals surface area contributed by atoms with E-state index in [0.717, 1.165) is 37.1 Å². The molecule has 2 N–H and O–H groups in total. The number of hydrogen-bond donors (Lipinski definition) is 2. The van der Waals surface area contributed by atoms with Crippen LogP contribution in [0.15, 0.2) is 39.9 Å². The van der Waals surface area contributed by atoms with Crippen LogP contribution in [0.4, 0.5) is 0 Å². The van der Waals surface area contributed by atoms with Gasteiger partial charge >= 0.3 is 5.97 Å². The zero-order chi connectivity index (χ0) is 19.5. The first-order valence-electron chi connectivity index (χ1n) is 9.15. The zero-order valence-corrected chi connectivity index (χ0v) is 19.0. The number of aromatic nitrogens is 1. The lowest BCUT2D eigenvalue weighted by Gasteiger charge is -2.10. The first-order valence-corrected chi connectivity index (χ1v) is 9.15. The highest BCUT2D eigenvalue weighted by atomic mass is 127. The highest BCUT2D eigenvalue weighted by Crippen LogP contribution is 2.18. The van der Waals surface area contributed by atoms with E-state index in [2.05, 4.69) is 25.3 Å². The molecule has 154 valence electrons. The average Bonchev–Trinajstić information content (AvgIpc) is 3.16. The van der Waals surface area contributed by atoms with Gasteiger partial charge in [-0.05, 0) is 31.9 Å². The van der Waals surface area contributed by atoms with Crippen LogP contribution in [0.3, 0.4) is 0 Å². The van der Waals surface area contributed by atoms with Crippen LogP contribution in [0.1, 0.15) is 36.9 Å². The predicted octanol–water partition coefficient (Wildman–Crippen LogP) is 3.67. The van der Waals surface area contributed by atoms with Crippen LogP contribution in [-0.2, 0) is 16.1 Å². The maximum Gasteiger partial charge on any atom is 0.305 e. The lowest BCUT2D eigenvalue weighted by Crippen LogP contribution is -2.37. The number of nitrogens with one attached hydrogen (secondary N) is 2. The van der Waals surface area contributed by atoms with Crippen LogP contribution in [0.2, 0.25) is 0 Å². The summed E-state index contributed by atoms with van der Waals surface area (Å²) in [5.41, 5.74) is 2.97. The van der Waals surface area contributed by atoms with Crippen molar-refractivity contribution in [1.82, 2.24) is 15.6 Å². The lowest BCUT2D eigenvalue weighted by atomic mass is 10.1. The molecule has 0 saturated carbocycles. The number of benzene rings is 1. The van der Waals surface area contributed by atoms with Crippen molar-refractivity contribution in [2.24, 2.45) is 4.99 Å². The summed E-state index contributed by atoms with van der Waals surface area (Å²) in [6.07, 6.45) is 4.88. The van der Waals surface area contributed by atoms with Gasteiger partial charge in [-0.15, -0.1) is 24.0 Å². The molecule has 2 rings (SSSR count). The van der Waals surface area contributed by atoms with Crippen molar-refractivity contribution in [1.29, 1.82) is 0 Å². The Bertz CT molecular complexity index is 744. The molecule has 0 amide bonds. The molecule has 0 bridgehead atoms. The summed E-state index contributed by atoms with van der Waals surface area (Å²) >= 11 is 0. The van der Waals surface area contributed by atoms with Crippen LogP contribution in [-0.4, -0.2) is 37.6 Å². The third-order valence-electron chi connectivity index (χ3n) is 4.09. The number of guanidine groups is 1. The Labute approximate surface area is 183 Å². The number of aryl methyl sites for hydroxylation is 1. The second-order valence-electron chi connectivity index (χ2n) is 6.25. The summed E-state index contributed by atoms with van der Waals surface area (Å²) in [5.74, 6) is 1.17. The van der Waals surface area contributed by atoms with Crippen molar-refractivity contribution in [3.05, 3.63) is 41.8 Å². The van der Waals surface area contributed by atoms with E-state index in [9.17, 15) is 4.79 Å². The number of unbranched alkanes of at least 4 members (excludes halogenated alkanes) is 2. The molecular weight excluding hydrogens is 471 g/mol. The molecule has 0 saturated heterocycles. The van der Waals surface area contributed by atoms with E-state index < -0.39 is 0 Å². The summed E-state index contributed by atoms with van der Waals surface area (Å²) in [4.78, 5) is 19.8. The number of rotatable bonds is 9. The molecule has 0 spiro atoms. The summed E-state index contributed by atoms with van der Waals surface area (Å²) in [7, 11) is 3.14. The molecule has 1 aromatic carbocycles. The van der Waals surface area contributed by atoms with Gasteiger partial charge in [0.05, 0.1) is 19.3 Å². The standard InChI is InChI=1S/C20H28N4O3.HI/c1-15-8-10-16(11-9-15)19-24-17(14-27-19)13-23-20(21-2)22-12-6-4-5-7-18(25)26-3;/h8-11,14H,4-7,12-13H2,1-3H3,(H2,21,22,23);1H. The van der Waals surface area contributed by atoms with Gasteiger partial charge in [0, 0.05) is 25.6 Å². The molecule has 8 heteroatoms. The number of carbonyl (C=O) groups excluding carboxylic acids is 1. The molecule has 1 aromatic heterocycles. The Morgan fingerprint density at radius 3 is 2.61 bits per heavy atom. The zero-order valence-electron chi connectivity index (χ0n) is 16.7. The van der Waals surface area contributed by atoms with E-state index in [0.29, 0.717) is 24.8 Å². The second-order valence-corrected chi connectivity index (χ2v) is 6.25. The van der Waals surface area contributed by atoms with Crippen LogP contribution in [0, 0.1) is 6.92 Å². The van der Waals surface area contributed by atoms with Gasteiger partial charge in [0.15, 0.2) is 5.96 Å². The Hall–Kier alpha value is -2.10. The molecule has 0 unspecified atom stereocenters. The Morgan fingerprint density at radius 1 is 1.18 bits per heavy atom. The van der Waals surface area contributed by atoms with Crippen molar-refractivity contribution in [2.75, 3.05) is 20.7 Å². The minimum absolute atomic E-state index is 0. The number of halogens is 1. The maximum atomic E-state index is 11.0. The van der Waals surface area contributed by atoms with Crippen molar-refractivity contribution >= 4 is 35.9 Å². The number of methoxy groups -OCH3 is 1. The van der Waals surface area contributed by atoms with Crippen molar-refractivity contribution < 1.29 is 13.9 Å². The van der Waals surface area contributed by atoms with E-state index in [-0.39, 0.29) is 29.9 Å². The SMILES string of the molecule is CN=C(NCCCCCC(=O)OC)NCc1coc(-c2ccc(C)cc2)n1.I. The molecule has 0 aliphatic rings. The Balaban J connectivity index is 0.00000392.